The second-order valence-corrected chi connectivity index (χ2v) is 32.2. The Labute approximate surface area is 547 Å². The van der Waals surface area contributed by atoms with E-state index in [1.54, 1.807) is 0 Å². The fourth-order valence-electron chi connectivity index (χ4n) is 13.1. The summed E-state index contributed by atoms with van der Waals surface area (Å²) in [5.41, 5.74) is 22.3. The van der Waals surface area contributed by atoms with Crippen LogP contribution in [0.15, 0.2) is 176 Å². The molecule has 0 aliphatic heterocycles. The molecule has 0 bridgehead atoms. The Morgan fingerprint density at radius 2 is 0.739 bits per heavy atom. The van der Waals surface area contributed by atoms with Crippen LogP contribution in [0.25, 0.3) is 111 Å². The molecule has 0 radical (unpaired) electrons. The van der Waals surface area contributed by atoms with E-state index >= 15 is 0 Å². The largest absolute Gasteiger partial charge is 0.309 e. The van der Waals surface area contributed by atoms with E-state index < -0.39 is 0 Å². The molecule has 3 heterocycles. The minimum absolute atomic E-state index is 0.0779. The van der Waals surface area contributed by atoms with Gasteiger partial charge in [0.25, 0.3) is 0 Å². The molecule has 0 atom stereocenters. The first-order valence-electron chi connectivity index (χ1n) is 33.3. The Balaban J connectivity index is 1.23. The number of nitrogens with zero attached hydrogens (tertiary/aromatic N) is 6. The Morgan fingerprint density at radius 3 is 1.21 bits per heavy atom. The molecule has 0 unspecified atom stereocenters. The minimum Gasteiger partial charge on any atom is -0.309 e. The van der Waals surface area contributed by atoms with E-state index in [9.17, 15) is 5.26 Å². The number of aryl methyl sites for hydroxylation is 1. The fraction of sp³-hybridized carbons (Fsp3) is 0.326. The van der Waals surface area contributed by atoms with Gasteiger partial charge in [0, 0.05) is 49.4 Å². The lowest BCUT2D eigenvalue weighted by Crippen LogP contribution is -2.12. The zero-order valence-corrected chi connectivity index (χ0v) is 58.0. The quantitative estimate of drug-likeness (QED) is 0.137. The van der Waals surface area contributed by atoms with Gasteiger partial charge in [0.15, 0.2) is 17.5 Å². The molecule has 6 heteroatoms. The number of nitriles is 1. The highest BCUT2D eigenvalue weighted by molar-refractivity contribution is 6.12. The number of hydrogen-bond donors (Lipinski definition) is 0. The van der Waals surface area contributed by atoms with E-state index in [1.165, 1.54) is 60.5 Å². The van der Waals surface area contributed by atoms with E-state index in [2.05, 4.69) is 304 Å². The van der Waals surface area contributed by atoms with Gasteiger partial charge in [-0.2, -0.15) is 5.26 Å². The first kappa shape index (κ1) is 63.2. The van der Waals surface area contributed by atoms with Crippen molar-refractivity contribution < 1.29 is 0 Å². The van der Waals surface area contributed by atoms with Crippen molar-refractivity contribution in [3.63, 3.8) is 0 Å². The van der Waals surface area contributed by atoms with Crippen molar-refractivity contribution in [3.05, 3.63) is 220 Å². The van der Waals surface area contributed by atoms with Crippen LogP contribution in [0.5, 0.6) is 0 Å². The zero-order chi connectivity index (χ0) is 65.8. The van der Waals surface area contributed by atoms with E-state index in [0.717, 1.165) is 91.6 Å². The molecular formula is C86H92N6. The molecule has 0 spiro atoms. The molecule has 92 heavy (non-hydrogen) atoms. The Hall–Kier alpha value is -8.92. The van der Waals surface area contributed by atoms with E-state index in [1.807, 2.05) is 18.2 Å². The molecule has 0 amide bonds. The van der Waals surface area contributed by atoms with Crippen LogP contribution in [0.2, 0.25) is 0 Å². The normalized spacial score (nSPS) is 12.8. The van der Waals surface area contributed by atoms with Crippen LogP contribution in [0.3, 0.4) is 0 Å². The van der Waals surface area contributed by atoms with Gasteiger partial charge in [-0.1, -0.05) is 211 Å². The van der Waals surface area contributed by atoms with Crippen molar-refractivity contribution in [2.75, 3.05) is 0 Å². The van der Waals surface area contributed by atoms with Crippen LogP contribution in [-0.2, 0) is 38.9 Å². The fourth-order valence-corrected chi connectivity index (χ4v) is 13.1. The van der Waals surface area contributed by atoms with E-state index in [0.29, 0.717) is 23.0 Å². The monoisotopic (exact) mass is 1210 g/mol. The average Bonchev–Trinajstić information content (AvgIpc) is 1.55. The van der Waals surface area contributed by atoms with Crippen molar-refractivity contribution in [2.45, 2.75) is 183 Å². The molecule has 0 saturated carbocycles. The lowest BCUT2D eigenvalue weighted by Gasteiger charge is -2.22. The van der Waals surface area contributed by atoms with Gasteiger partial charge in [-0.15, -0.1) is 0 Å². The lowest BCUT2D eigenvalue weighted by molar-refractivity contribution is 0.589. The zero-order valence-electron chi connectivity index (χ0n) is 58.0. The van der Waals surface area contributed by atoms with Crippen molar-refractivity contribution in [1.29, 1.82) is 5.26 Å². The standard InChI is InChI=1S/C86H92N6/c1-20-21-24-53-41-59(45-65(43-53)86(17,18)19)80-89-78(57-27-23-28-60(44-57)81(2,3)4)88-79(90-80)58-30-36-72(91-73-37-31-61(82(5,6)7)48-68(73)69-49-62(83(8,9)10)32-38-74(69)91)67(46-58)66-35-29-56(55-26-22-25-54(42-55)52-87)47-77(66)92-75-39-33-63(84(11,12)13)50-70(75)71-51-64(85(14,15)16)34-40-76(71)92/h22-23,25-51H,20-21,24H2,1-19H3. The molecule has 6 nitrogen and oxygen atoms in total. The van der Waals surface area contributed by atoms with Gasteiger partial charge in [-0.3, -0.25) is 0 Å². The molecule has 0 aliphatic carbocycles. The highest BCUT2D eigenvalue weighted by atomic mass is 15.0. The molecule has 0 fully saturated rings. The van der Waals surface area contributed by atoms with Crippen molar-refractivity contribution in [3.8, 4) is 73.9 Å². The SMILES string of the molecule is CCCCc1cc(-c2nc(-c3cccc(C(C)(C)C)c3)nc(-c3ccc(-n4c5ccc(C(C)(C)C)cc5c5cc(C(C)(C)C)ccc54)c(-c4ccc(-c5cccc(C#N)c5)cc4-n4c5ccc(C(C)(C)C)cc5c5cc(C(C)(C)C)ccc54)c3)n2)cc(C(C)(C)C)c1. The van der Waals surface area contributed by atoms with Gasteiger partial charge in [-0.05, 0) is 199 Å². The van der Waals surface area contributed by atoms with Crippen LogP contribution >= 0.6 is 0 Å². The number of unbranched alkanes of at least 4 members (excludes halogenated alkanes) is 1. The second kappa shape index (κ2) is 23.0. The number of rotatable bonds is 10. The van der Waals surface area contributed by atoms with Crippen molar-refractivity contribution >= 4 is 43.6 Å². The maximum Gasteiger partial charge on any atom is 0.164 e. The third kappa shape index (κ3) is 12.1. The predicted molar refractivity (Wildman–Crippen MR) is 391 cm³/mol. The summed E-state index contributed by atoms with van der Waals surface area (Å²) in [6, 6.07) is 68.4. The smallest absolute Gasteiger partial charge is 0.164 e. The van der Waals surface area contributed by atoms with Crippen LogP contribution in [0, 0.1) is 11.3 Å². The van der Waals surface area contributed by atoms with Crippen molar-refractivity contribution in [2.24, 2.45) is 0 Å². The maximum absolute atomic E-state index is 10.3. The third-order valence-electron chi connectivity index (χ3n) is 18.9. The Kier molecular flexibility index (Phi) is 15.8. The summed E-state index contributed by atoms with van der Waals surface area (Å²) in [7, 11) is 0. The van der Waals surface area contributed by atoms with Gasteiger partial charge in [0.1, 0.15) is 0 Å². The van der Waals surface area contributed by atoms with Crippen LogP contribution in [0.4, 0.5) is 0 Å². The summed E-state index contributed by atoms with van der Waals surface area (Å²) in [5.74, 6) is 1.87. The highest BCUT2D eigenvalue weighted by Gasteiger charge is 2.28. The Morgan fingerprint density at radius 1 is 0.337 bits per heavy atom. The van der Waals surface area contributed by atoms with Gasteiger partial charge < -0.3 is 9.13 Å². The van der Waals surface area contributed by atoms with Gasteiger partial charge in [0.2, 0.25) is 0 Å². The topological polar surface area (TPSA) is 72.3 Å². The molecule has 3 aromatic heterocycles. The molecule has 0 N–H and O–H groups in total. The van der Waals surface area contributed by atoms with Gasteiger partial charge in [0.05, 0.1) is 45.1 Å². The number of benzene rings is 9. The average molecular weight is 1210 g/mol. The summed E-state index contributed by atoms with van der Waals surface area (Å²) < 4.78 is 5.01. The van der Waals surface area contributed by atoms with Gasteiger partial charge in [-0.25, -0.2) is 15.0 Å². The highest BCUT2D eigenvalue weighted by Crippen LogP contribution is 2.46. The van der Waals surface area contributed by atoms with E-state index in [4.69, 9.17) is 15.0 Å². The summed E-state index contributed by atoms with van der Waals surface area (Å²) >= 11 is 0. The molecule has 0 saturated heterocycles. The molecule has 0 aliphatic rings. The Bertz CT molecular complexity index is 4770. The van der Waals surface area contributed by atoms with Crippen molar-refractivity contribution in [1.82, 2.24) is 24.1 Å². The van der Waals surface area contributed by atoms with E-state index in [-0.39, 0.29) is 32.5 Å². The third-order valence-corrected chi connectivity index (χ3v) is 18.9. The second-order valence-electron chi connectivity index (χ2n) is 32.2. The van der Waals surface area contributed by atoms with Crippen LogP contribution in [0.1, 0.15) is 189 Å². The summed E-state index contributed by atoms with van der Waals surface area (Å²) in [5, 5.41) is 15.2. The summed E-state index contributed by atoms with van der Waals surface area (Å²) in [6.45, 7) is 43.6. The molecule has 466 valence electrons. The summed E-state index contributed by atoms with van der Waals surface area (Å²) in [6.07, 6.45) is 3.17. The number of fused-ring (bicyclic) bond motifs is 6. The maximum atomic E-state index is 10.3. The lowest BCUT2D eigenvalue weighted by atomic mass is 9.84. The van der Waals surface area contributed by atoms with Crippen LogP contribution < -0.4 is 0 Å². The first-order valence-corrected chi connectivity index (χ1v) is 33.3. The number of aromatic nitrogens is 5. The summed E-state index contributed by atoms with van der Waals surface area (Å²) in [4.78, 5) is 16.7. The first-order chi connectivity index (χ1) is 43.3. The number of hydrogen-bond acceptors (Lipinski definition) is 4. The minimum atomic E-state index is -0.108. The van der Waals surface area contributed by atoms with Crippen LogP contribution in [-0.4, -0.2) is 24.1 Å². The molecule has 12 rings (SSSR count). The predicted octanol–water partition coefficient (Wildman–Crippen LogP) is 23.4. The molecular weight excluding hydrogens is 1120 g/mol. The molecule has 12 aromatic rings. The van der Waals surface area contributed by atoms with Gasteiger partial charge >= 0.3 is 0 Å². The molecule has 9 aromatic carbocycles.